The summed E-state index contributed by atoms with van der Waals surface area (Å²) < 4.78 is 67.0. The SMILES string of the molecule is CN(Cc1ccc(OC(F)F)cc1)S(=O)(=O)c1ccc(F)cc1. The van der Waals surface area contributed by atoms with Gasteiger partial charge in [0.15, 0.2) is 0 Å². The summed E-state index contributed by atoms with van der Waals surface area (Å²) in [6, 6.07) is 10.2. The summed E-state index contributed by atoms with van der Waals surface area (Å²) in [4.78, 5) is -0.0287. The lowest BCUT2D eigenvalue weighted by atomic mass is 10.2. The largest absolute Gasteiger partial charge is 0.435 e. The molecule has 0 aliphatic rings. The third kappa shape index (κ3) is 4.46. The minimum Gasteiger partial charge on any atom is -0.435 e. The minimum atomic E-state index is -3.77. The molecule has 0 aromatic heterocycles. The Bertz CT molecular complexity index is 747. The number of rotatable bonds is 6. The molecule has 0 aliphatic carbocycles. The van der Waals surface area contributed by atoms with Crippen LogP contribution in [-0.2, 0) is 16.6 Å². The predicted octanol–water partition coefficient (Wildman–Crippen LogP) is 3.25. The second kappa shape index (κ2) is 7.01. The number of alkyl halides is 2. The van der Waals surface area contributed by atoms with E-state index in [4.69, 9.17) is 0 Å². The van der Waals surface area contributed by atoms with E-state index < -0.39 is 22.5 Å². The van der Waals surface area contributed by atoms with Gasteiger partial charge in [-0.15, -0.1) is 0 Å². The first-order chi connectivity index (χ1) is 10.8. The quantitative estimate of drug-likeness (QED) is 0.807. The molecule has 0 saturated carbocycles. The summed E-state index contributed by atoms with van der Waals surface area (Å²) in [7, 11) is -2.39. The monoisotopic (exact) mass is 345 g/mol. The number of ether oxygens (including phenoxy) is 1. The van der Waals surface area contributed by atoms with Gasteiger partial charge in [0, 0.05) is 13.6 Å². The van der Waals surface area contributed by atoms with Crippen LogP contribution in [0.2, 0.25) is 0 Å². The number of hydrogen-bond acceptors (Lipinski definition) is 3. The Morgan fingerprint density at radius 1 is 1.04 bits per heavy atom. The van der Waals surface area contributed by atoms with Crippen LogP contribution in [-0.4, -0.2) is 26.4 Å². The summed E-state index contributed by atoms with van der Waals surface area (Å²) in [5.74, 6) is -0.533. The fourth-order valence-electron chi connectivity index (χ4n) is 1.90. The standard InChI is InChI=1S/C15H14F3NO3S/c1-19(23(20,21)14-8-4-12(16)5-9-14)10-11-2-6-13(7-3-11)22-15(17)18/h2-9,15H,10H2,1H3. The van der Waals surface area contributed by atoms with Gasteiger partial charge in [-0.05, 0) is 42.0 Å². The van der Waals surface area contributed by atoms with Gasteiger partial charge in [-0.3, -0.25) is 0 Å². The molecule has 23 heavy (non-hydrogen) atoms. The van der Waals surface area contributed by atoms with Crippen LogP contribution in [0.5, 0.6) is 5.75 Å². The minimum absolute atomic E-state index is 0.00667. The van der Waals surface area contributed by atoms with E-state index in [0.29, 0.717) is 5.56 Å². The molecule has 8 heteroatoms. The van der Waals surface area contributed by atoms with Crippen molar-refractivity contribution in [1.29, 1.82) is 0 Å². The maximum atomic E-state index is 12.9. The Labute approximate surface area is 132 Å². The van der Waals surface area contributed by atoms with Gasteiger partial charge in [-0.2, -0.15) is 13.1 Å². The summed E-state index contributed by atoms with van der Waals surface area (Å²) in [6.45, 7) is -2.88. The first kappa shape index (κ1) is 17.3. The van der Waals surface area contributed by atoms with Crippen molar-refractivity contribution in [3.63, 3.8) is 0 Å². The van der Waals surface area contributed by atoms with Crippen LogP contribution in [0.25, 0.3) is 0 Å². The summed E-state index contributed by atoms with van der Waals surface area (Å²) in [5.41, 5.74) is 0.597. The van der Waals surface area contributed by atoms with Crippen molar-refractivity contribution in [2.75, 3.05) is 7.05 Å². The molecule has 0 radical (unpaired) electrons. The molecule has 0 heterocycles. The van der Waals surface area contributed by atoms with E-state index in [1.807, 2.05) is 0 Å². The van der Waals surface area contributed by atoms with Crippen molar-refractivity contribution in [2.24, 2.45) is 0 Å². The number of hydrogen-bond donors (Lipinski definition) is 0. The third-order valence-corrected chi connectivity index (χ3v) is 4.89. The molecule has 0 saturated heterocycles. The van der Waals surface area contributed by atoms with Crippen molar-refractivity contribution in [3.05, 3.63) is 59.9 Å². The van der Waals surface area contributed by atoms with Gasteiger partial charge in [-0.1, -0.05) is 12.1 Å². The van der Waals surface area contributed by atoms with E-state index >= 15 is 0 Å². The third-order valence-electron chi connectivity index (χ3n) is 3.08. The zero-order chi connectivity index (χ0) is 17.0. The van der Waals surface area contributed by atoms with Crippen LogP contribution in [0.15, 0.2) is 53.4 Å². The zero-order valence-corrected chi connectivity index (χ0v) is 12.9. The Morgan fingerprint density at radius 3 is 2.13 bits per heavy atom. The summed E-state index contributed by atoms with van der Waals surface area (Å²) in [5, 5.41) is 0. The fraction of sp³-hybridized carbons (Fsp3) is 0.200. The molecule has 2 aromatic rings. The molecule has 0 bridgehead atoms. The highest BCUT2D eigenvalue weighted by molar-refractivity contribution is 7.89. The van der Waals surface area contributed by atoms with Crippen molar-refractivity contribution < 1.29 is 26.3 Å². The van der Waals surface area contributed by atoms with E-state index in [1.54, 1.807) is 0 Å². The van der Waals surface area contributed by atoms with Gasteiger partial charge in [-0.25, -0.2) is 12.8 Å². The van der Waals surface area contributed by atoms with Crippen LogP contribution in [0.4, 0.5) is 13.2 Å². The Morgan fingerprint density at radius 2 is 1.61 bits per heavy atom. The topological polar surface area (TPSA) is 46.6 Å². The normalized spacial score (nSPS) is 11.9. The molecule has 0 spiro atoms. The molecule has 124 valence electrons. The van der Waals surface area contributed by atoms with E-state index in [-0.39, 0.29) is 17.2 Å². The van der Waals surface area contributed by atoms with Gasteiger partial charge in [0.1, 0.15) is 11.6 Å². The van der Waals surface area contributed by atoms with Crippen LogP contribution in [0.1, 0.15) is 5.56 Å². The number of benzene rings is 2. The highest BCUT2D eigenvalue weighted by atomic mass is 32.2. The van der Waals surface area contributed by atoms with Crippen molar-refractivity contribution >= 4 is 10.0 Å². The number of sulfonamides is 1. The lowest BCUT2D eigenvalue weighted by Crippen LogP contribution is -2.26. The molecule has 0 atom stereocenters. The maximum absolute atomic E-state index is 12.9. The molecule has 0 N–H and O–H groups in total. The molecule has 0 fully saturated rings. The molecule has 2 aromatic carbocycles. The highest BCUT2D eigenvalue weighted by Crippen LogP contribution is 2.19. The number of nitrogens with zero attached hydrogens (tertiary/aromatic N) is 1. The van der Waals surface area contributed by atoms with Crippen LogP contribution < -0.4 is 4.74 Å². The molecular weight excluding hydrogens is 331 g/mol. The second-order valence-corrected chi connectivity index (χ2v) is 6.78. The van der Waals surface area contributed by atoms with E-state index in [9.17, 15) is 21.6 Å². The molecule has 0 unspecified atom stereocenters. The predicted molar refractivity (Wildman–Crippen MR) is 78.1 cm³/mol. The first-order valence-electron chi connectivity index (χ1n) is 6.55. The number of halogens is 3. The maximum Gasteiger partial charge on any atom is 0.387 e. The Hall–Kier alpha value is -2.06. The average Bonchev–Trinajstić information content (AvgIpc) is 2.49. The zero-order valence-electron chi connectivity index (χ0n) is 12.1. The van der Waals surface area contributed by atoms with Crippen LogP contribution >= 0.6 is 0 Å². The molecule has 2 rings (SSSR count). The molecule has 4 nitrogen and oxygen atoms in total. The van der Waals surface area contributed by atoms with E-state index in [2.05, 4.69) is 4.74 Å². The molecule has 0 aliphatic heterocycles. The van der Waals surface area contributed by atoms with Crippen molar-refractivity contribution in [1.82, 2.24) is 4.31 Å². The average molecular weight is 345 g/mol. The van der Waals surface area contributed by atoms with Gasteiger partial charge < -0.3 is 4.74 Å². The van der Waals surface area contributed by atoms with Gasteiger partial charge in [0.25, 0.3) is 0 Å². The summed E-state index contributed by atoms with van der Waals surface area (Å²) in [6.07, 6.45) is 0. The van der Waals surface area contributed by atoms with E-state index in [0.717, 1.165) is 16.4 Å². The van der Waals surface area contributed by atoms with Gasteiger partial charge in [0.2, 0.25) is 10.0 Å². The van der Waals surface area contributed by atoms with Crippen LogP contribution in [0, 0.1) is 5.82 Å². The second-order valence-electron chi connectivity index (χ2n) is 4.74. The Balaban J connectivity index is 2.11. The fourth-order valence-corrected chi connectivity index (χ4v) is 3.06. The van der Waals surface area contributed by atoms with Gasteiger partial charge in [0.05, 0.1) is 4.90 Å². The molecular formula is C15H14F3NO3S. The van der Waals surface area contributed by atoms with Crippen LogP contribution in [0.3, 0.4) is 0 Å². The lowest BCUT2D eigenvalue weighted by molar-refractivity contribution is -0.0498. The smallest absolute Gasteiger partial charge is 0.387 e. The van der Waals surface area contributed by atoms with Gasteiger partial charge >= 0.3 is 6.61 Å². The van der Waals surface area contributed by atoms with E-state index in [1.165, 1.54) is 43.4 Å². The Kier molecular flexibility index (Phi) is 5.27. The summed E-state index contributed by atoms with van der Waals surface area (Å²) >= 11 is 0. The van der Waals surface area contributed by atoms with Crippen molar-refractivity contribution in [2.45, 2.75) is 18.1 Å². The highest BCUT2D eigenvalue weighted by Gasteiger charge is 2.20. The molecule has 0 amide bonds. The first-order valence-corrected chi connectivity index (χ1v) is 7.99. The lowest BCUT2D eigenvalue weighted by Gasteiger charge is -2.17. The van der Waals surface area contributed by atoms with Crippen molar-refractivity contribution in [3.8, 4) is 5.75 Å².